The summed E-state index contributed by atoms with van der Waals surface area (Å²) < 4.78 is 13.7. The molecule has 2 N–H and O–H groups in total. The molecule has 0 bridgehead atoms. The molecule has 6 heteroatoms. The molecular weight excluding hydrogens is 407 g/mol. The lowest BCUT2D eigenvalue weighted by Gasteiger charge is -2.26. The van der Waals surface area contributed by atoms with Gasteiger partial charge >= 0.3 is 0 Å². The first kappa shape index (κ1) is 19.8. The molecule has 1 aromatic heterocycles. The number of ketones is 1. The van der Waals surface area contributed by atoms with Crippen molar-refractivity contribution in [1.82, 2.24) is 4.98 Å². The van der Waals surface area contributed by atoms with E-state index in [-0.39, 0.29) is 11.3 Å². The second-order valence-corrected chi connectivity index (χ2v) is 7.76. The fraction of sp³-hybridized carbons (Fsp3) is 0.0769. The second kappa shape index (κ2) is 7.50. The Morgan fingerprint density at radius 3 is 2.41 bits per heavy atom. The fourth-order valence-electron chi connectivity index (χ4n) is 4.29. The monoisotopic (exact) mass is 426 g/mol. The maximum Gasteiger partial charge on any atom is 0.300 e. The van der Waals surface area contributed by atoms with Gasteiger partial charge in [-0.2, -0.15) is 0 Å². The predicted octanol–water partition coefficient (Wildman–Crippen LogP) is 5.24. The van der Waals surface area contributed by atoms with Crippen molar-refractivity contribution in [3.05, 3.63) is 107 Å². The van der Waals surface area contributed by atoms with Gasteiger partial charge in [-0.1, -0.05) is 48.5 Å². The second-order valence-electron chi connectivity index (χ2n) is 7.76. The van der Waals surface area contributed by atoms with Gasteiger partial charge in [-0.25, -0.2) is 4.39 Å². The molecule has 1 fully saturated rings. The van der Waals surface area contributed by atoms with Crippen molar-refractivity contribution in [3.63, 3.8) is 0 Å². The number of aliphatic hydroxyl groups is 1. The quantitative estimate of drug-likeness (QED) is 0.267. The van der Waals surface area contributed by atoms with Crippen LogP contribution in [-0.2, 0) is 9.59 Å². The molecule has 0 aliphatic carbocycles. The zero-order valence-corrected chi connectivity index (χ0v) is 17.2. The van der Waals surface area contributed by atoms with Crippen molar-refractivity contribution in [2.75, 3.05) is 4.90 Å². The Labute approximate surface area is 183 Å². The Balaban J connectivity index is 1.78. The number of aryl methyl sites for hydroxylation is 1. The van der Waals surface area contributed by atoms with Crippen LogP contribution in [0, 0.1) is 12.7 Å². The van der Waals surface area contributed by atoms with Crippen LogP contribution in [0.3, 0.4) is 0 Å². The molecular formula is C26H19FN2O3. The summed E-state index contributed by atoms with van der Waals surface area (Å²) >= 11 is 0. The number of aliphatic hydroxyl groups excluding tert-OH is 1. The molecule has 5 nitrogen and oxygen atoms in total. The molecule has 1 saturated heterocycles. The van der Waals surface area contributed by atoms with Gasteiger partial charge in [0.15, 0.2) is 0 Å². The van der Waals surface area contributed by atoms with Gasteiger partial charge in [0.05, 0.1) is 11.6 Å². The van der Waals surface area contributed by atoms with Crippen LogP contribution >= 0.6 is 0 Å². The Morgan fingerprint density at radius 2 is 1.66 bits per heavy atom. The topological polar surface area (TPSA) is 73.4 Å². The molecule has 1 unspecified atom stereocenters. The molecule has 32 heavy (non-hydrogen) atoms. The van der Waals surface area contributed by atoms with Gasteiger partial charge in [0, 0.05) is 28.4 Å². The number of anilines is 1. The van der Waals surface area contributed by atoms with Crippen molar-refractivity contribution in [2.24, 2.45) is 0 Å². The van der Waals surface area contributed by atoms with Gasteiger partial charge in [0.2, 0.25) is 0 Å². The van der Waals surface area contributed by atoms with E-state index in [1.165, 1.54) is 29.2 Å². The number of H-pyrrole nitrogens is 1. The summed E-state index contributed by atoms with van der Waals surface area (Å²) in [5.74, 6) is -2.23. The largest absolute Gasteiger partial charge is 0.507 e. The number of benzene rings is 3. The molecule has 158 valence electrons. The van der Waals surface area contributed by atoms with Crippen LogP contribution in [-0.4, -0.2) is 21.8 Å². The fourth-order valence-corrected chi connectivity index (χ4v) is 4.29. The van der Waals surface area contributed by atoms with E-state index < -0.39 is 23.5 Å². The van der Waals surface area contributed by atoms with Crippen LogP contribution in [0.25, 0.3) is 16.7 Å². The first-order chi connectivity index (χ1) is 15.5. The number of halogens is 1. The summed E-state index contributed by atoms with van der Waals surface area (Å²) in [6.07, 6.45) is 1.61. The average Bonchev–Trinajstić information content (AvgIpc) is 3.34. The standard InChI is InChI=1S/C26H19FN2O3/c1-15-6-2-5-9-21(15)29-23(16-10-12-17(27)13-11-16)22(25(31)26(29)32)24(30)19-14-28-20-8-4-3-7-18(19)20/h2-14,23,28,30H,1H3/b24-22-. The van der Waals surface area contributed by atoms with Gasteiger partial charge in [0.25, 0.3) is 11.7 Å². The number of fused-ring (bicyclic) bond motifs is 1. The highest BCUT2D eigenvalue weighted by Gasteiger charge is 2.47. The number of amides is 1. The van der Waals surface area contributed by atoms with E-state index in [0.717, 1.165) is 16.5 Å². The Bertz CT molecular complexity index is 1400. The lowest BCUT2D eigenvalue weighted by Crippen LogP contribution is -2.30. The van der Waals surface area contributed by atoms with Gasteiger partial charge in [-0.3, -0.25) is 14.5 Å². The SMILES string of the molecule is Cc1ccccc1N1C(=O)C(=O)/C(=C(\O)c2c[nH]c3ccccc23)C1c1ccc(F)cc1. The zero-order chi connectivity index (χ0) is 22.4. The molecule has 1 amide bonds. The number of nitrogens with one attached hydrogen (secondary N) is 1. The summed E-state index contributed by atoms with van der Waals surface area (Å²) in [5, 5.41) is 12.0. The third-order valence-electron chi connectivity index (χ3n) is 5.85. The first-order valence-electron chi connectivity index (χ1n) is 10.2. The number of hydrogen-bond acceptors (Lipinski definition) is 3. The number of aromatic amines is 1. The summed E-state index contributed by atoms with van der Waals surface area (Å²) in [6, 6.07) is 19.3. The Morgan fingerprint density at radius 1 is 0.969 bits per heavy atom. The van der Waals surface area contributed by atoms with E-state index in [1.807, 2.05) is 43.3 Å². The van der Waals surface area contributed by atoms with E-state index in [2.05, 4.69) is 4.98 Å². The maximum atomic E-state index is 13.7. The Kier molecular flexibility index (Phi) is 4.63. The van der Waals surface area contributed by atoms with E-state index in [4.69, 9.17) is 0 Å². The van der Waals surface area contributed by atoms with E-state index in [0.29, 0.717) is 16.8 Å². The smallest absolute Gasteiger partial charge is 0.300 e. The molecule has 3 aromatic carbocycles. The van der Waals surface area contributed by atoms with Gasteiger partial charge in [0.1, 0.15) is 11.6 Å². The number of rotatable bonds is 3. The molecule has 4 aromatic rings. The molecule has 0 spiro atoms. The number of Topliss-reactive ketones (excluding diaryl/α,β-unsaturated/α-hetero) is 1. The lowest BCUT2D eigenvalue weighted by atomic mass is 9.94. The van der Waals surface area contributed by atoms with Crippen molar-refractivity contribution in [1.29, 1.82) is 0 Å². The molecule has 1 aliphatic rings. The normalized spacial score (nSPS) is 17.9. The summed E-state index contributed by atoms with van der Waals surface area (Å²) in [5.41, 5.74) is 3.07. The van der Waals surface area contributed by atoms with Gasteiger partial charge in [-0.05, 0) is 42.3 Å². The van der Waals surface area contributed by atoms with E-state index in [9.17, 15) is 19.1 Å². The number of aromatic nitrogens is 1. The van der Waals surface area contributed by atoms with Crippen LogP contribution in [0.5, 0.6) is 0 Å². The minimum atomic E-state index is -0.898. The van der Waals surface area contributed by atoms with Crippen molar-refractivity contribution in [2.45, 2.75) is 13.0 Å². The molecule has 0 saturated carbocycles. The summed E-state index contributed by atoms with van der Waals surface area (Å²) in [7, 11) is 0. The highest BCUT2D eigenvalue weighted by molar-refractivity contribution is 6.52. The van der Waals surface area contributed by atoms with Gasteiger partial charge in [-0.15, -0.1) is 0 Å². The average molecular weight is 426 g/mol. The van der Waals surface area contributed by atoms with Crippen LogP contribution in [0.2, 0.25) is 0 Å². The van der Waals surface area contributed by atoms with Crippen LogP contribution < -0.4 is 4.90 Å². The maximum absolute atomic E-state index is 13.7. The molecule has 1 aliphatic heterocycles. The van der Waals surface area contributed by atoms with Crippen LogP contribution in [0.4, 0.5) is 10.1 Å². The van der Waals surface area contributed by atoms with Crippen molar-refractivity contribution in [3.8, 4) is 0 Å². The van der Waals surface area contributed by atoms with Gasteiger partial charge < -0.3 is 10.1 Å². The molecule has 1 atom stereocenters. The number of para-hydroxylation sites is 2. The van der Waals surface area contributed by atoms with Crippen molar-refractivity contribution >= 4 is 34.0 Å². The molecule has 2 heterocycles. The lowest BCUT2D eigenvalue weighted by molar-refractivity contribution is -0.132. The minimum Gasteiger partial charge on any atom is -0.507 e. The van der Waals surface area contributed by atoms with E-state index >= 15 is 0 Å². The number of hydrogen-bond donors (Lipinski definition) is 2. The molecule has 5 rings (SSSR count). The summed E-state index contributed by atoms with van der Waals surface area (Å²) in [6.45, 7) is 1.84. The number of carbonyl (C=O) groups is 2. The van der Waals surface area contributed by atoms with Crippen LogP contribution in [0.1, 0.15) is 22.7 Å². The zero-order valence-electron chi connectivity index (χ0n) is 17.2. The summed E-state index contributed by atoms with van der Waals surface area (Å²) in [4.78, 5) is 30.9. The van der Waals surface area contributed by atoms with Crippen molar-refractivity contribution < 1.29 is 19.1 Å². The first-order valence-corrected chi connectivity index (χ1v) is 10.2. The highest BCUT2D eigenvalue weighted by atomic mass is 19.1. The van der Waals surface area contributed by atoms with E-state index in [1.54, 1.807) is 18.3 Å². The number of carbonyl (C=O) groups excluding carboxylic acids is 2. The predicted molar refractivity (Wildman–Crippen MR) is 121 cm³/mol. The van der Waals surface area contributed by atoms with Crippen LogP contribution in [0.15, 0.2) is 84.6 Å². The Hall–Kier alpha value is -4.19. The minimum absolute atomic E-state index is 0.0328. The third-order valence-corrected chi connectivity index (χ3v) is 5.85. The highest BCUT2D eigenvalue weighted by Crippen LogP contribution is 2.43. The molecule has 0 radical (unpaired) electrons. The third kappa shape index (κ3) is 3.00. The number of nitrogens with zero attached hydrogens (tertiary/aromatic N) is 1.